The number of esters is 2. The number of nitrogens with two attached hydrogens (primary N) is 1. The molecule has 3 aromatic heterocycles. The number of nitrogens with zero attached hydrogens (tertiary/aromatic N) is 3. The van der Waals surface area contributed by atoms with Crippen LogP contribution in [0.4, 0.5) is 5.82 Å². The van der Waals surface area contributed by atoms with Gasteiger partial charge in [0.25, 0.3) is 5.56 Å². The van der Waals surface area contributed by atoms with Crippen LogP contribution in [0.15, 0.2) is 90.0 Å². The standard InChI is InChI=1S/C12H9N3O2.C11H12O4.C3H5N3.2C2H6.I3.I2/c16-11-10(8-4-2-1-3-5-8)12(17)15-9(14-11)6-7-13-15;1-14-10(12)9(11(13)15-2)8-6-4-3-5-7-8;4-3-1-2-5-6-3;2*1-2;1-3-2;1-2/h1-7,17H,(H,14,16);3-7,9H,1-2H3;1-2H,(H3,4,5,6);2*1-2H3;;/q;;;;;-1;. The van der Waals surface area contributed by atoms with E-state index in [0.29, 0.717) is 35.8 Å². The number of aromatic nitrogens is 5. The Kier molecular flexibility index (Phi) is 30.6. The molecule has 5 N–H and O–H groups in total. The Labute approximate surface area is 327 Å². The third-order valence-electron chi connectivity index (χ3n) is 5.13. The van der Waals surface area contributed by atoms with Gasteiger partial charge in [-0.15, -0.1) is 0 Å². The summed E-state index contributed by atoms with van der Waals surface area (Å²) in [6, 6.07) is 21.0. The van der Waals surface area contributed by atoms with Crippen LogP contribution in [0.1, 0.15) is 39.2 Å². The van der Waals surface area contributed by atoms with E-state index in [1.807, 2.05) is 45.9 Å². The molecule has 0 spiro atoms. The molecule has 0 aliphatic rings. The number of halogens is 5. The van der Waals surface area contributed by atoms with Gasteiger partial charge < -0.3 is 25.3 Å². The van der Waals surface area contributed by atoms with Crippen molar-refractivity contribution in [2.45, 2.75) is 33.6 Å². The Morgan fingerprint density at radius 3 is 1.77 bits per heavy atom. The van der Waals surface area contributed by atoms with Crippen molar-refractivity contribution in [2.24, 2.45) is 0 Å². The number of carbonyl (C=O) groups excluding carboxylic acids is 2. The van der Waals surface area contributed by atoms with E-state index in [-0.39, 0.29) is 17.0 Å². The molecule has 5 rings (SSSR count). The van der Waals surface area contributed by atoms with E-state index >= 15 is 0 Å². The van der Waals surface area contributed by atoms with Crippen LogP contribution >= 0.6 is 74.5 Å². The molecule has 0 amide bonds. The molecule has 0 aliphatic heterocycles. The first kappa shape index (κ1) is 47.4. The predicted molar refractivity (Wildman–Crippen MR) is 218 cm³/mol. The van der Waals surface area contributed by atoms with Crippen LogP contribution in [0.5, 0.6) is 5.88 Å². The number of aromatic hydroxyl groups is 1. The van der Waals surface area contributed by atoms with Crippen molar-refractivity contribution < 1.29 is 37.4 Å². The zero-order valence-corrected chi connectivity index (χ0v) is 37.2. The van der Waals surface area contributed by atoms with Gasteiger partial charge in [-0.25, -0.2) is 0 Å². The number of benzene rings is 2. The van der Waals surface area contributed by atoms with Gasteiger partial charge in [0.15, 0.2) is 5.92 Å². The first-order valence-electron chi connectivity index (χ1n) is 13.6. The summed E-state index contributed by atoms with van der Waals surface area (Å²) < 4.78 is 10.4. The second-order valence-corrected chi connectivity index (χ2v) is 23.8. The van der Waals surface area contributed by atoms with Crippen molar-refractivity contribution in [3.63, 3.8) is 0 Å². The summed E-state index contributed by atoms with van der Waals surface area (Å²) in [7, 11) is 2.47. The maximum absolute atomic E-state index is 11.9. The van der Waals surface area contributed by atoms with Crippen molar-refractivity contribution in [3.8, 4) is 17.0 Å². The number of carbonyl (C=O) groups is 2. The molecule has 17 heteroatoms. The van der Waals surface area contributed by atoms with Gasteiger partial charge >= 0.3 is 62.4 Å². The van der Waals surface area contributed by atoms with E-state index in [2.05, 4.69) is 104 Å². The SMILES string of the molecule is CC.CC.COC(=O)C(C(=O)OC)c1ccccc1.II.I[I-]I.Nc1ccn[nH]1.O=c1[nH]c2ccnn2c(O)c1-c1ccccc1. The molecular weight excluding hydrogens is 1170 g/mol. The molecular formula is C30H38I5N6O6-. The van der Waals surface area contributed by atoms with Crippen LogP contribution in [0.2, 0.25) is 0 Å². The Hall–Kier alpha value is -1.74. The number of hydrogen-bond donors (Lipinski definition) is 4. The summed E-state index contributed by atoms with van der Waals surface area (Å²) in [6.45, 7) is 8.00. The van der Waals surface area contributed by atoms with Crippen molar-refractivity contribution >= 4 is 97.9 Å². The Morgan fingerprint density at radius 1 is 0.872 bits per heavy atom. The molecule has 2 aromatic carbocycles. The predicted octanol–water partition coefficient (Wildman–Crippen LogP) is 5.10. The first-order chi connectivity index (χ1) is 22.8. The number of aromatic amines is 2. The van der Waals surface area contributed by atoms with E-state index in [9.17, 15) is 19.5 Å². The van der Waals surface area contributed by atoms with Crippen molar-refractivity contribution in [1.82, 2.24) is 24.8 Å². The molecule has 47 heavy (non-hydrogen) atoms. The van der Waals surface area contributed by atoms with Crippen LogP contribution in [0.25, 0.3) is 16.8 Å². The van der Waals surface area contributed by atoms with Gasteiger partial charge in [-0.05, 0) is 17.2 Å². The summed E-state index contributed by atoms with van der Waals surface area (Å²) in [5.74, 6) is -1.78. The topological polar surface area (TPSA) is 178 Å². The molecule has 0 fully saturated rings. The quantitative estimate of drug-likeness (QED) is 0.108. The fraction of sp³-hybridized carbons (Fsp3) is 0.233. The van der Waals surface area contributed by atoms with Crippen molar-refractivity contribution in [1.29, 1.82) is 0 Å². The number of methoxy groups -OCH3 is 2. The van der Waals surface area contributed by atoms with Crippen LogP contribution < -0.4 is 24.5 Å². The summed E-state index contributed by atoms with van der Waals surface area (Å²) in [5, 5.41) is 20.1. The first-order valence-corrected chi connectivity index (χ1v) is 32.5. The van der Waals surface area contributed by atoms with Crippen LogP contribution in [0.3, 0.4) is 0 Å². The molecule has 0 atom stereocenters. The van der Waals surface area contributed by atoms with Gasteiger partial charge in [-0.2, -0.15) is 14.7 Å². The number of nitrogens with one attached hydrogen (secondary N) is 2. The maximum atomic E-state index is 11.9. The van der Waals surface area contributed by atoms with Crippen LogP contribution in [0, 0.1) is 0 Å². The number of rotatable bonds is 4. The third-order valence-corrected chi connectivity index (χ3v) is 5.13. The van der Waals surface area contributed by atoms with Gasteiger partial charge in [-0.3, -0.25) is 19.5 Å². The number of fused-ring (bicyclic) bond motifs is 1. The normalized spacial score (nSPS) is 9.00. The summed E-state index contributed by atoms with van der Waals surface area (Å²) in [6.07, 6.45) is 3.12. The summed E-state index contributed by atoms with van der Waals surface area (Å²) in [4.78, 5) is 37.3. The van der Waals surface area contributed by atoms with Crippen LogP contribution in [-0.4, -0.2) is 56.1 Å². The molecule has 5 aromatic rings. The average Bonchev–Trinajstić information content (AvgIpc) is 3.81. The van der Waals surface area contributed by atoms with Crippen molar-refractivity contribution in [2.75, 3.05) is 20.0 Å². The van der Waals surface area contributed by atoms with E-state index in [4.69, 9.17) is 5.73 Å². The zero-order chi connectivity index (χ0) is 36.2. The summed E-state index contributed by atoms with van der Waals surface area (Å²) >= 11 is 9.54. The minimum atomic E-state index is -0.999. The van der Waals surface area contributed by atoms with E-state index < -0.39 is 17.9 Å². The van der Waals surface area contributed by atoms with Gasteiger partial charge in [0.1, 0.15) is 17.0 Å². The molecule has 12 nitrogen and oxygen atoms in total. The number of ether oxygens (including phenoxy) is 2. The minimum absolute atomic E-state index is 0.153. The van der Waals surface area contributed by atoms with Gasteiger partial charge in [0.05, 0.1) is 26.6 Å². The maximum Gasteiger partial charge on any atom is 0.262 e. The molecule has 0 aliphatic carbocycles. The van der Waals surface area contributed by atoms with E-state index in [1.54, 1.807) is 60.8 Å². The fourth-order valence-corrected chi connectivity index (χ4v) is 3.33. The molecule has 0 saturated carbocycles. The second kappa shape index (κ2) is 30.3. The smallest absolute Gasteiger partial charge is 0.262 e. The summed E-state index contributed by atoms with van der Waals surface area (Å²) in [5.41, 5.74) is 6.74. The number of hydrogen-bond acceptors (Lipinski definition) is 9. The molecule has 0 unspecified atom stereocenters. The Balaban J connectivity index is 0. The molecule has 0 bridgehead atoms. The number of H-pyrrole nitrogens is 2. The third kappa shape index (κ3) is 17.5. The molecule has 3 heterocycles. The zero-order valence-electron chi connectivity index (χ0n) is 26.5. The molecule has 0 radical (unpaired) electrons. The average molecular weight is 1210 g/mol. The van der Waals surface area contributed by atoms with Crippen LogP contribution in [-0.2, 0) is 19.1 Å². The molecule has 0 saturated heterocycles. The number of anilines is 1. The second-order valence-electron chi connectivity index (χ2n) is 7.60. The Morgan fingerprint density at radius 2 is 1.36 bits per heavy atom. The van der Waals surface area contributed by atoms with E-state index in [0.717, 1.165) is 0 Å². The van der Waals surface area contributed by atoms with Gasteiger partial charge in [0.2, 0.25) is 5.88 Å². The van der Waals surface area contributed by atoms with Gasteiger partial charge in [-0.1, -0.05) is 88.4 Å². The molecule has 260 valence electrons. The largest absolute Gasteiger partial charge is 0.493 e. The Bertz CT molecular complexity index is 1540. The minimum Gasteiger partial charge on any atom is -0.493 e. The fourth-order valence-electron chi connectivity index (χ4n) is 3.33. The monoisotopic (exact) mass is 1210 g/mol. The van der Waals surface area contributed by atoms with Crippen molar-refractivity contribution in [3.05, 3.63) is 101 Å². The van der Waals surface area contributed by atoms with Gasteiger partial charge in [0, 0.05) is 43.3 Å². The number of nitrogen functional groups attached to an aromatic ring is 1. The van der Waals surface area contributed by atoms with E-state index in [1.165, 1.54) is 24.9 Å².